The maximum absolute atomic E-state index is 12.0. The van der Waals surface area contributed by atoms with E-state index in [-0.39, 0.29) is 11.5 Å². The number of anilines is 1. The van der Waals surface area contributed by atoms with Crippen LogP contribution in [0.1, 0.15) is 31.2 Å². The van der Waals surface area contributed by atoms with E-state index in [1.165, 1.54) is 0 Å². The van der Waals surface area contributed by atoms with Crippen molar-refractivity contribution >= 4 is 33.5 Å². The van der Waals surface area contributed by atoms with Crippen molar-refractivity contribution in [3.63, 3.8) is 0 Å². The highest BCUT2D eigenvalue weighted by molar-refractivity contribution is 9.10. The molecule has 3 N–H and O–H groups in total. The third kappa shape index (κ3) is 3.43. The van der Waals surface area contributed by atoms with Crippen LogP contribution in [0.5, 0.6) is 0 Å². The molecule has 1 aromatic carbocycles. The number of halogens is 1. The summed E-state index contributed by atoms with van der Waals surface area (Å²) in [6, 6.07) is 7.93. The second-order valence-corrected chi connectivity index (χ2v) is 6.56. The van der Waals surface area contributed by atoms with Crippen molar-refractivity contribution in [3.05, 3.63) is 50.5 Å². The number of rotatable bonds is 4. The average Bonchev–Trinajstić information content (AvgIpc) is 2.36. The second kappa shape index (κ2) is 6.45. The van der Waals surface area contributed by atoms with Crippen LogP contribution in [0.4, 0.5) is 5.82 Å². The first-order valence-electron chi connectivity index (χ1n) is 6.25. The molecule has 2 rings (SSSR count). The van der Waals surface area contributed by atoms with Gasteiger partial charge in [-0.2, -0.15) is 0 Å². The highest BCUT2D eigenvalue weighted by atomic mass is 79.9. The van der Waals surface area contributed by atoms with Crippen LogP contribution in [0.3, 0.4) is 0 Å². The van der Waals surface area contributed by atoms with Crippen LogP contribution in [-0.4, -0.2) is 9.97 Å². The Morgan fingerprint density at radius 1 is 1.40 bits per heavy atom. The number of aromatic nitrogens is 2. The summed E-state index contributed by atoms with van der Waals surface area (Å²) in [6.07, 6.45) is 0. The Bertz CT molecular complexity index is 670. The smallest absolute Gasteiger partial charge is 0.256 e. The van der Waals surface area contributed by atoms with Crippen LogP contribution >= 0.6 is 27.7 Å². The van der Waals surface area contributed by atoms with E-state index in [2.05, 4.69) is 25.9 Å². The zero-order valence-electron chi connectivity index (χ0n) is 11.3. The predicted molar refractivity (Wildman–Crippen MR) is 87.1 cm³/mol. The summed E-state index contributed by atoms with van der Waals surface area (Å²) in [6.45, 7) is 3.86. The molecule has 0 saturated carbocycles. The monoisotopic (exact) mass is 353 g/mol. The summed E-state index contributed by atoms with van der Waals surface area (Å²) >= 11 is 5.09. The predicted octanol–water partition coefficient (Wildman–Crippen LogP) is 3.53. The molecule has 0 amide bonds. The maximum Gasteiger partial charge on any atom is 0.256 e. The van der Waals surface area contributed by atoms with Gasteiger partial charge in [-0.15, -0.1) is 11.8 Å². The van der Waals surface area contributed by atoms with Crippen molar-refractivity contribution in [3.8, 4) is 0 Å². The summed E-state index contributed by atoms with van der Waals surface area (Å²) in [4.78, 5) is 20.2. The Morgan fingerprint density at radius 2 is 2.10 bits per heavy atom. The highest BCUT2D eigenvalue weighted by Crippen LogP contribution is 2.29. The van der Waals surface area contributed by atoms with Gasteiger partial charge in [0.05, 0.1) is 11.3 Å². The molecule has 0 bridgehead atoms. The molecule has 1 aromatic heterocycles. The van der Waals surface area contributed by atoms with E-state index in [4.69, 9.17) is 5.73 Å². The minimum Gasteiger partial charge on any atom is -0.383 e. The van der Waals surface area contributed by atoms with Gasteiger partial charge in [0.2, 0.25) is 0 Å². The minimum absolute atomic E-state index is 0.0659. The summed E-state index contributed by atoms with van der Waals surface area (Å²) in [5.74, 6) is 1.56. The van der Waals surface area contributed by atoms with E-state index >= 15 is 0 Å². The van der Waals surface area contributed by atoms with E-state index in [0.29, 0.717) is 23.0 Å². The molecule has 0 aliphatic rings. The van der Waals surface area contributed by atoms with Gasteiger partial charge in [-0.25, -0.2) is 4.98 Å². The van der Waals surface area contributed by atoms with Crippen molar-refractivity contribution in [1.29, 1.82) is 0 Å². The fourth-order valence-corrected chi connectivity index (χ4v) is 3.32. The minimum atomic E-state index is -0.143. The van der Waals surface area contributed by atoms with Crippen LogP contribution in [-0.2, 0) is 5.75 Å². The van der Waals surface area contributed by atoms with Crippen LogP contribution in [0.25, 0.3) is 0 Å². The van der Waals surface area contributed by atoms with Crippen molar-refractivity contribution in [2.75, 3.05) is 5.73 Å². The standard InChI is InChI=1S/C14H16BrN3OS/c1-8(2)12-13(16)17-11(18-14(12)19)7-20-10-6-4-3-5-9(10)15/h3-6,8H,7H2,1-2H3,(H3,16,17,18,19). The number of benzene rings is 1. The molecule has 0 saturated heterocycles. The Balaban J connectivity index is 2.20. The molecule has 0 radical (unpaired) electrons. The Morgan fingerprint density at radius 3 is 2.70 bits per heavy atom. The Kier molecular flexibility index (Phi) is 4.88. The number of nitrogen functional groups attached to an aromatic ring is 1. The molecule has 106 valence electrons. The van der Waals surface area contributed by atoms with Gasteiger partial charge in [0.15, 0.2) is 0 Å². The summed E-state index contributed by atoms with van der Waals surface area (Å²) < 4.78 is 1.03. The third-order valence-electron chi connectivity index (χ3n) is 2.81. The van der Waals surface area contributed by atoms with Gasteiger partial charge in [0.1, 0.15) is 11.6 Å². The fraction of sp³-hybridized carbons (Fsp3) is 0.286. The van der Waals surface area contributed by atoms with Gasteiger partial charge < -0.3 is 10.7 Å². The lowest BCUT2D eigenvalue weighted by Gasteiger charge is -2.09. The van der Waals surface area contributed by atoms with Crippen molar-refractivity contribution < 1.29 is 0 Å². The maximum atomic E-state index is 12.0. The number of nitrogens with zero attached hydrogens (tertiary/aromatic N) is 1. The van der Waals surface area contributed by atoms with Crippen LogP contribution in [0, 0.1) is 0 Å². The first-order valence-corrected chi connectivity index (χ1v) is 8.02. The molecular formula is C14H16BrN3OS. The van der Waals surface area contributed by atoms with E-state index in [1.54, 1.807) is 11.8 Å². The molecule has 20 heavy (non-hydrogen) atoms. The highest BCUT2D eigenvalue weighted by Gasteiger charge is 2.12. The molecule has 0 unspecified atom stereocenters. The topological polar surface area (TPSA) is 71.8 Å². The first kappa shape index (κ1) is 15.1. The lowest BCUT2D eigenvalue weighted by atomic mass is 10.1. The molecule has 6 heteroatoms. The van der Waals surface area contributed by atoms with Crippen molar-refractivity contribution in [1.82, 2.24) is 9.97 Å². The lowest BCUT2D eigenvalue weighted by Crippen LogP contribution is -2.20. The van der Waals surface area contributed by atoms with Gasteiger partial charge in [-0.3, -0.25) is 4.79 Å². The zero-order valence-corrected chi connectivity index (χ0v) is 13.7. The zero-order chi connectivity index (χ0) is 14.7. The molecule has 0 fully saturated rings. The number of H-pyrrole nitrogens is 1. The number of hydrogen-bond donors (Lipinski definition) is 2. The van der Waals surface area contributed by atoms with E-state index < -0.39 is 0 Å². The van der Waals surface area contributed by atoms with Gasteiger partial charge in [0, 0.05) is 9.37 Å². The number of nitrogens with one attached hydrogen (secondary N) is 1. The summed E-state index contributed by atoms with van der Waals surface area (Å²) in [5, 5.41) is 0. The van der Waals surface area contributed by atoms with E-state index in [1.807, 2.05) is 38.1 Å². The normalized spacial score (nSPS) is 11.0. The Hall–Kier alpha value is -1.27. The average molecular weight is 354 g/mol. The number of aromatic amines is 1. The van der Waals surface area contributed by atoms with Crippen LogP contribution < -0.4 is 11.3 Å². The molecule has 0 aliphatic carbocycles. The molecule has 0 atom stereocenters. The van der Waals surface area contributed by atoms with Gasteiger partial charge in [-0.1, -0.05) is 26.0 Å². The van der Waals surface area contributed by atoms with Crippen molar-refractivity contribution in [2.24, 2.45) is 0 Å². The fourth-order valence-electron chi connectivity index (χ4n) is 1.88. The SMILES string of the molecule is CC(C)c1c(N)nc(CSc2ccccc2Br)[nH]c1=O. The molecule has 2 aromatic rings. The summed E-state index contributed by atoms with van der Waals surface area (Å²) in [7, 11) is 0. The molecular weight excluding hydrogens is 338 g/mol. The molecule has 0 aliphatic heterocycles. The third-order valence-corrected chi connectivity index (χ3v) is 4.85. The lowest BCUT2D eigenvalue weighted by molar-refractivity contribution is 0.824. The quantitative estimate of drug-likeness (QED) is 0.824. The summed E-state index contributed by atoms with van der Waals surface area (Å²) in [5.41, 5.74) is 6.28. The first-order chi connectivity index (χ1) is 9.49. The largest absolute Gasteiger partial charge is 0.383 e. The molecule has 0 spiro atoms. The van der Waals surface area contributed by atoms with E-state index in [9.17, 15) is 4.79 Å². The van der Waals surface area contributed by atoms with E-state index in [0.717, 1.165) is 9.37 Å². The van der Waals surface area contributed by atoms with Crippen LogP contribution in [0.15, 0.2) is 38.4 Å². The van der Waals surface area contributed by atoms with Gasteiger partial charge in [0.25, 0.3) is 5.56 Å². The molecule has 4 nitrogen and oxygen atoms in total. The number of hydrogen-bond acceptors (Lipinski definition) is 4. The van der Waals surface area contributed by atoms with Crippen molar-refractivity contribution in [2.45, 2.75) is 30.4 Å². The van der Waals surface area contributed by atoms with Gasteiger partial charge >= 0.3 is 0 Å². The van der Waals surface area contributed by atoms with Crippen LogP contribution in [0.2, 0.25) is 0 Å². The second-order valence-electron chi connectivity index (χ2n) is 4.69. The van der Waals surface area contributed by atoms with Gasteiger partial charge in [-0.05, 0) is 34.0 Å². The number of nitrogens with two attached hydrogens (primary N) is 1. The number of thioether (sulfide) groups is 1. The molecule has 1 heterocycles. The Labute approximate surface area is 130 Å².